The number of hydrogen-bond donors (Lipinski definition) is 2. The Morgan fingerprint density at radius 3 is 2.63 bits per heavy atom. The van der Waals surface area contributed by atoms with E-state index >= 15 is 0 Å². The molecular weight excluding hydrogens is 313 g/mol. The van der Waals surface area contributed by atoms with Crippen molar-refractivity contribution in [3.63, 3.8) is 0 Å². The van der Waals surface area contributed by atoms with Crippen LogP contribution in [0.15, 0.2) is 23.1 Å². The maximum absolute atomic E-state index is 12.1. The largest absolute Gasteiger partial charge is 0.241 e. The lowest BCUT2D eigenvalue weighted by Gasteiger charge is -2.11. The van der Waals surface area contributed by atoms with Crippen molar-refractivity contribution >= 4 is 33.2 Å². The van der Waals surface area contributed by atoms with E-state index in [1.54, 1.807) is 6.92 Å². The molecule has 2 aromatic rings. The predicted octanol–water partition coefficient (Wildman–Crippen LogP) is 1.55. The van der Waals surface area contributed by atoms with Gasteiger partial charge in [-0.05, 0) is 25.1 Å². The second kappa shape index (κ2) is 5.41. The first kappa shape index (κ1) is 14.2. The summed E-state index contributed by atoms with van der Waals surface area (Å²) in [6, 6.07) is 3.42. The van der Waals surface area contributed by atoms with Gasteiger partial charge in [0.15, 0.2) is 5.82 Å². The number of aromatic nitrogens is 4. The number of rotatable bonds is 4. The quantitative estimate of drug-likeness (QED) is 0.889. The molecule has 2 N–H and O–H groups in total. The van der Waals surface area contributed by atoms with E-state index in [4.69, 9.17) is 23.2 Å². The van der Waals surface area contributed by atoms with Gasteiger partial charge in [0, 0.05) is 0 Å². The van der Waals surface area contributed by atoms with Gasteiger partial charge in [-0.3, -0.25) is 0 Å². The van der Waals surface area contributed by atoms with E-state index in [2.05, 4.69) is 25.3 Å². The van der Waals surface area contributed by atoms with Crippen molar-refractivity contribution in [2.45, 2.75) is 17.9 Å². The van der Waals surface area contributed by atoms with Gasteiger partial charge in [0.05, 0.1) is 21.0 Å². The Morgan fingerprint density at radius 2 is 2.05 bits per heavy atom. The van der Waals surface area contributed by atoms with Crippen LogP contribution in [0.5, 0.6) is 0 Å². The lowest BCUT2D eigenvalue weighted by atomic mass is 10.3. The Labute approximate surface area is 119 Å². The highest BCUT2D eigenvalue weighted by molar-refractivity contribution is 7.89. The SMILES string of the molecule is CC(NS(=O)(=O)c1ccc(Cl)c(Cl)c1)c1nn[nH]n1. The minimum Gasteiger partial charge on any atom is -0.207 e. The molecule has 0 aliphatic heterocycles. The molecule has 2 rings (SSSR count). The lowest BCUT2D eigenvalue weighted by Crippen LogP contribution is -2.27. The number of H-pyrrole nitrogens is 1. The Morgan fingerprint density at radius 1 is 1.32 bits per heavy atom. The molecule has 7 nitrogen and oxygen atoms in total. The van der Waals surface area contributed by atoms with Gasteiger partial charge in [-0.1, -0.05) is 28.4 Å². The van der Waals surface area contributed by atoms with Crippen LogP contribution in [0, 0.1) is 0 Å². The predicted molar refractivity (Wildman–Crippen MR) is 69.4 cm³/mol. The average molecular weight is 322 g/mol. The van der Waals surface area contributed by atoms with Gasteiger partial charge in [-0.15, -0.1) is 10.2 Å². The summed E-state index contributed by atoms with van der Waals surface area (Å²) in [7, 11) is -3.74. The van der Waals surface area contributed by atoms with Gasteiger partial charge in [0.1, 0.15) is 0 Å². The van der Waals surface area contributed by atoms with Crippen LogP contribution < -0.4 is 4.72 Å². The van der Waals surface area contributed by atoms with Crippen molar-refractivity contribution < 1.29 is 8.42 Å². The first-order valence-corrected chi connectivity index (χ1v) is 7.35. The number of tetrazole rings is 1. The van der Waals surface area contributed by atoms with Crippen molar-refractivity contribution in [1.82, 2.24) is 25.3 Å². The maximum atomic E-state index is 12.1. The second-order valence-corrected chi connectivity index (χ2v) is 6.22. The van der Waals surface area contributed by atoms with E-state index in [-0.39, 0.29) is 20.8 Å². The highest BCUT2D eigenvalue weighted by Crippen LogP contribution is 2.25. The van der Waals surface area contributed by atoms with Crippen molar-refractivity contribution in [2.24, 2.45) is 0 Å². The first-order valence-electron chi connectivity index (χ1n) is 5.11. The summed E-state index contributed by atoms with van der Waals surface area (Å²) in [5, 5.41) is 13.5. The molecule has 1 heterocycles. The Balaban J connectivity index is 2.25. The van der Waals surface area contributed by atoms with Crippen molar-refractivity contribution in [3.8, 4) is 0 Å². The maximum Gasteiger partial charge on any atom is 0.241 e. The minimum absolute atomic E-state index is 0.0113. The topological polar surface area (TPSA) is 101 Å². The van der Waals surface area contributed by atoms with E-state index in [1.807, 2.05) is 0 Å². The zero-order valence-corrected chi connectivity index (χ0v) is 12.0. The molecule has 0 aliphatic carbocycles. The molecule has 0 fully saturated rings. The molecule has 0 amide bonds. The monoisotopic (exact) mass is 321 g/mol. The van der Waals surface area contributed by atoms with Crippen LogP contribution in [-0.4, -0.2) is 29.0 Å². The molecule has 102 valence electrons. The van der Waals surface area contributed by atoms with Gasteiger partial charge in [0.2, 0.25) is 10.0 Å². The number of sulfonamides is 1. The first-order chi connectivity index (χ1) is 8.90. The van der Waals surface area contributed by atoms with Crippen molar-refractivity contribution in [3.05, 3.63) is 34.1 Å². The average Bonchev–Trinajstić information content (AvgIpc) is 2.85. The highest BCUT2D eigenvalue weighted by Gasteiger charge is 2.21. The molecule has 1 atom stereocenters. The fraction of sp³-hybridized carbons (Fsp3) is 0.222. The van der Waals surface area contributed by atoms with Crippen LogP contribution in [0.1, 0.15) is 18.8 Å². The summed E-state index contributed by atoms with van der Waals surface area (Å²) in [6.45, 7) is 1.60. The van der Waals surface area contributed by atoms with Gasteiger partial charge in [-0.2, -0.15) is 5.21 Å². The zero-order valence-electron chi connectivity index (χ0n) is 9.63. The summed E-state index contributed by atoms with van der Waals surface area (Å²) in [5.41, 5.74) is 0. The summed E-state index contributed by atoms with van der Waals surface area (Å²) < 4.78 is 26.6. The third kappa shape index (κ3) is 3.21. The highest BCUT2D eigenvalue weighted by atomic mass is 35.5. The van der Waals surface area contributed by atoms with Gasteiger partial charge < -0.3 is 0 Å². The number of halogens is 2. The summed E-state index contributed by atoms with van der Waals surface area (Å²) in [5.74, 6) is 0.239. The fourth-order valence-electron chi connectivity index (χ4n) is 1.35. The summed E-state index contributed by atoms with van der Waals surface area (Å²) in [4.78, 5) is 0.0113. The second-order valence-electron chi connectivity index (χ2n) is 3.69. The Kier molecular flexibility index (Phi) is 4.04. The molecule has 10 heteroatoms. The van der Waals surface area contributed by atoms with Crippen molar-refractivity contribution in [2.75, 3.05) is 0 Å². The molecule has 0 saturated carbocycles. The van der Waals surface area contributed by atoms with Crippen LogP contribution >= 0.6 is 23.2 Å². The standard InChI is InChI=1S/C9H9Cl2N5O2S/c1-5(9-12-15-16-13-9)14-19(17,18)6-2-3-7(10)8(11)4-6/h2-5,14H,1H3,(H,12,13,15,16). The number of nitrogens with one attached hydrogen (secondary N) is 2. The Bertz CT molecular complexity index is 674. The molecular formula is C9H9Cl2N5O2S. The number of nitrogens with zero attached hydrogens (tertiary/aromatic N) is 3. The minimum atomic E-state index is -3.74. The zero-order chi connectivity index (χ0) is 14.0. The van der Waals surface area contributed by atoms with Crippen LogP contribution in [0.25, 0.3) is 0 Å². The molecule has 0 bridgehead atoms. The fourth-order valence-corrected chi connectivity index (χ4v) is 2.94. The number of hydrogen-bond acceptors (Lipinski definition) is 5. The molecule has 19 heavy (non-hydrogen) atoms. The van der Waals surface area contributed by atoms with E-state index in [0.29, 0.717) is 0 Å². The van der Waals surface area contributed by atoms with Gasteiger partial charge in [-0.25, -0.2) is 13.1 Å². The Hall–Kier alpha value is -1.22. The lowest BCUT2D eigenvalue weighted by molar-refractivity contribution is 0.560. The molecule has 0 aliphatic rings. The summed E-state index contributed by atoms with van der Waals surface area (Å²) >= 11 is 11.5. The van der Waals surface area contributed by atoms with Crippen molar-refractivity contribution in [1.29, 1.82) is 0 Å². The third-order valence-corrected chi connectivity index (χ3v) is 4.56. The normalized spacial score (nSPS) is 13.4. The molecule has 1 aromatic carbocycles. The van der Waals surface area contributed by atoms with Crippen LogP contribution in [-0.2, 0) is 10.0 Å². The smallest absolute Gasteiger partial charge is 0.207 e. The molecule has 1 aromatic heterocycles. The van der Waals surface area contributed by atoms with E-state index in [9.17, 15) is 8.42 Å². The van der Waals surface area contributed by atoms with Gasteiger partial charge >= 0.3 is 0 Å². The third-order valence-electron chi connectivity index (χ3n) is 2.28. The molecule has 0 radical (unpaired) electrons. The van der Waals surface area contributed by atoms with E-state index < -0.39 is 16.1 Å². The van der Waals surface area contributed by atoms with E-state index in [1.165, 1.54) is 18.2 Å². The molecule has 0 saturated heterocycles. The number of aromatic amines is 1. The van der Waals surface area contributed by atoms with Crippen LogP contribution in [0.3, 0.4) is 0 Å². The number of benzene rings is 1. The molecule has 1 unspecified atom stereocenters. The van der Waals surface area contributed by atoms with Crippen LogP contribution in [0.2, 0.25) is 10.0 Å². The van der Waals surface area contributed by atoms with E-state index in [0.717, 1.165) is 0 Å². The molecule has 0 spiro atoms. The van der Waals surface area contributed by atoms with Crippen LogP contribution in [0.4, 0.5) is 0 Å². The van der Waals surface area contributed by atoms with Gasteiger partial charge in [0.25, 0.3) is 0 Å². The summed E-state index contributed by atoms with van der Waals surface area (Å²) in [6.07, 6.45) is 0.